The Morgan fingerprint density at radius 3 is 2.56 bits per heavy atom. The van der Waals surface area contributed by atoms with Gasteiger partial charge < -0.3 is 4.90 Å². The number of benzene rings is 2. The molecule has 0 spiro atoms. The standard InChI is InChI=1S/C26H31Cl2N3O/c1-16(2)25-29-24-10-7-19(21-9-8-20(27)13-23(21)28)12-22(24)26(32)31(25)15-18-6-5-11-30(14-18)17(3)4/h7-10,12-13,16-18H,5-6,11,14-15H2,1-4H3/t18-/m0/s1. The quantitative estimate of drug-likeness (QED) is 0.419. The minimum atomic E-state index is 0.0345. The molecule has 4 nitrogen and oxygen atoms in total. The van der Waals surface area contributed by atoms with E-state index in [0.29, 0.717) is 33.9 Å². The Morgan fingerprint density at radius 2 is 1.88 bits per heavy atom. The van der Waals surface area contributed by atoms with E-state index in [1.54, 1.807) is 6.07 Å². The summed E-state index contributed by atoms with van der Waals surface area (Å²) in [5.41, 5.74) is 2.52. The number of rotatable bonds is 5. The highest BCUT2D eigenvalue weighted by Gasteiger charge is 2.24. The summed E-state index contributed by atoms with van der Waals surface area (Å²) in [6.45, 7) is 11.6. The van der Waals surface area contributed by atoms with Crippen LogP contribution in [0, 0.1) is 5.92 Å². The minimum Gasteiger partial charge on any atom is -0.301 e. The van der Waals surface area contributed by atoms with Crippen LogP contribution in [0.1, 0.15) is 52.3 Å². The predicted octanol–water partition coefficient (Wildman–Crippen LogP) is 6.61. The molecule has 1 aromatic heterocycles. The van der Waals surface area contributed by atoms with Crippen molar-refractivity contribution in [3.63, 3.8) is 0 Å². The summed E-state index contributed by atoms with van der Waals surface area (Å²) in [6.07, 6.45) is 2.32. The first-order valence-electron chi connectivity index (χ1n) is 11.5. The summed E-state index contributed by atoms with van der Waals surface area (Å²) in [4.78, 5) is 21.2. The lowest BCUT2D eigenvalue weighted by molar-refractivity contribution is 0.129. The smallest absolute Gasteiger partial charge is 0.261 e. The number of halogens is 2. The maximum absolute atomic E-state index is 13.7. The minimum absolute atomic E-state index is 0.0345. The molecule has 170 valence electrons. The van der Waals surface area contributed by atoms with Gasteiger partial charge in [0.1, 0.15) is 5.82 Å². The Morgan fingerprint density at radius 1 is 1.09 bits per heavy atom. The molecule has 0 aliphatic carbocycles. The average Bonchev–Trinajstić information content (AvgIpc) is 2.75. The average molecular weight is 472 g/mol. The molecule has 0 radical (unpaired) electrons. The maximum atomic E-state index is 13.7. The molecule has 2 heterocycles. The number of nitrogens with zero attached hydrogens (tertiary/aromatic N) is 3. The van der Waals surface area contributed by atoms with Crippen LogP contribution in [0.3, 0.4) is 0 Å². The molecular weight excluding hydrogens is 441 g/mol. The highest BCUT2D eigenvalue weighted by atomic mass is 35.5. The largest absolute Gasteiger partial charge is 0.301 e. The Bertz CT molecular complexity index is 1190. The third kappa shape index (κ3) is 4.73. The fourth-order valence-corrected chi connectivity index (χ4v) is 5.24. The van der Waals surface area contributed by atoms with E-state index < -0.39 is 0 Å². The van der Waals surface area contributed by atoms with Gasteiger partial charge in [-0.25, -0.2) is 4.98 Å². The third-order valence-corrected chi connectivity index (χ3v) is 7.01. The predicted molar refractivity (Wildman–Crippen MR) is 135 cm³/mol. The fourth-order valence-electron chi connectivity index (χ4n) is 4.72. The van der Waals surface area contributed by atoms with Crippen molar-refractivity contribution >= 4 is 34.1 Å². The van der Waals surface area contributed by atoms with Crippen LogP contribution >= 0.6 is 23.2 Å². The summed E-state index contributed by atoms with van der Waals surface area (Å²) in [6, 6.07) is 11.8. The van der Waals surface area contributed by atoms with Crippen molar-refractivity contribution in [3.05, 3.63) is 62.6 Å². The zero-order valence-electron chi connectivity index (χ0n) is 19.2. The Hall–Kier alpha value is -1.88. The molecule has 4 rings (SSSR count). The van der Waals surface area contributed by atoms with Crippen LogP contribution in [0.25, 0.3) is 22.0 Å². The normalized spacial score (nSPS) is 17.6. The van der Waals surface area contributed by atoms with Gasteiger partial charge in [-0.1, -0.05) is 49.2 Å². The van der Waals surface area contributed by atoms with E-state index in [2.05, 4.69) is 32.6 Å². The van der Waals surface area contributed by atoms with Crippen LogP contribution in [-0.4, -0.2) is 33.6 Å². The van der Waals surface area contributed by atoms with Crippen LogP contribution in [0.15, 0.2) is 41.2 Å². The number of fused-ring (bicyclic) bond motifs is 1. The molecule has 0 N–H and O–H groups in total. The van der Waals surface area contributed by atoms with Crippen LogP contribution in [0.2, 0.25) is 10.0 Å². The lowest BCUT2D eigenvalue weighted by Crippen LogP contribution is -2.42. The Balaban J connectivity index is 1.78. The number of likely N-dealkylation sites (tertiary alicyclic amines) is 1. The molecule has 6 heteroatoms. The molecule has 0 bridgehead atoms. The molecule has 0 saturated carbocycles. The van der Waals surface area contributed by atoms with Crippen molar-refractivity contribution < 1.29 is 0 Å². The summed E-state index contributed by atoms with van der Waals surface area (Å²) in [7, 11) is 0. The molecule has 2 aromatic carbocycles. The number of piperidine rings is 1. The first kappa shape index (κ1) is 23.3. The fraction of sp³-hybridized carbons (Fsp3) is 0.462. The molecule has 1 atom stereocenters. The van der Waals surface area contributed by atoms with E-state index in [1.807, 2.05) is 34.9 Å². The van der Waals surface area contributed by atoms with Gasteiger partial charge in [-0.05, 0) is 69.0 Å². The highest BCUT2D eigenvalue weighted by molar-refractivity contribution is 6.36. The SMILES string of the molecule is CC(C)c1nc2ccc(-c3ccc(Cl)cc3Cl)cc2c(=O)n1C[C@H]1CCCN(C(C)C)C1. The van der Waals surface area contributed by atoms with E-state index in [1.165, 1.54) is 6.42 Å². The number of hydrogen-bond acceptors (Lipinski definition) is 3. The van der Waals surface area contributed by atoms with Gasteiger partial charge in [0.05, 0.1) is 10.9 Å². The molecular formula is C26H31Cl2N3O. The summed E-state index contributed by atoms with van der Waals surface area (Å²) >= 11 is 12.5. The van der Waals surface area contributed by atoms with Gasteiger partial charge in [-0.3, -0.25) is 9.36 Å². The first-order valence-corrected chi connectivity index (χ1v) is 12.2. The molecule has 1 aliphatic rings. The Kier molecular flexibility index (Phi) is 6.94. The molecule has 32 heavy (non-hydrogen) atoms. The second-order valence-corrected chi connectivity index (χ2v) is 10.3. The molecule has 1 fully saturated rings. The van der Waals surface area contributed by atoms with Gasteiger partial charge >= 0.3 is 0 Å². The second kappa shape index (κ2) is 9.54. The van der Waals surface area contributed by atoms with Crippen molar-refractivity contribution in [1.82, 2.24) is 14.5 Å². The lowest BCUT2D eigenvalue weighted by Gasteiger charge is -2.36. The third-order valence-electron chi connectivity index (χ3n) is 6.46. The van der Waals surface area contributed by atoms with E-state index in [-0.39, 0.29) is 11.5 Å². The molecule has 0 amide bonds. The lowest BCUT2D eigenvalue weighted by atomic mass is 9.96. The topological polar surface area (TPSA) is 38.1 Å². The van der Waals surface area contributed by atoms with E-state index in [9.17, 15) is 4.79 Å². The van der Waals surface area contributed by atoms with Crippen LogP contribution in [-0.2, 0) is 6.54 Å². The van der Waals surface area contributed by atoms with Crippen molar-refractivity contribution in [2.24, 2.45) is 5.92 Å². The zero-order valence-corrected chi connectivity index (χ0v) is 20.7. The first-order chi connectivity index (χ1) is 15.2. The van der Waals surface area contributed by atoms with E-state index in [4.69, 9.17) is 28.2 Å². The zero-order chi connectivity index (χ0) is 23.0. The van der Waals surface area contributed by atoms with E-state index in [0.717, 1.165) is 42.0 Å². The van der Waals surface area contributed by atoms with Gasteiger partial charge in [0.25, 0.3) is 5.56 Å². The molecule has 1 saturated heterocycles. The van der Waals surface area contributed by atoms with Gasteiger partial charge in [0.2, 0.25) is 0 Å². The van der Waals surface area contributed by atoms with Gasteiger partial charge in [0.15, 0.2) is 0 Å². The number of aromatic nitrogens is 2. The van der Waals surface area contributed by atoms with Crippen molar-refractivity contribution in [2.75, 3.05) is 13.1 Å². The highest BCUT2D eigenvalue weighted by Crippen LogP contribution is 2.32. The van der Waals surface area contributed by atoms with Crippen molar-refractivity contribution in [2.45, 2.75) is 59.0 Å². The van der Waals surface area contributed by atoms with Crippen LogP contribution < -0.4 is 5.56 Å². The van der Waals surface area contributed by atoms with Crippen LogP contribution in [0.5, 0.6) is 0 Å². The maximum Gasteiger partial charge on any atom is 0.261 e. The van der Waals surface area contributed by atoms with Crippen molar-refractivity contribution in [3.8, 4) is 11.1 Å². The van der Waals surface area contributed by atoms with Crippen LogP contribution in [0.4, 0.5) is 0 Å². The summed E-state index contributed by atoms with van der Waals surface area (Å²) in [5.74, 6) is 1.48. The van der Waals surface area contributed by atoms with Gasteiger partial charge in [-0.15, -0.1) is 0 Å². The molecule has 0 unspecified atom stereocenters. The summed E-state index contributed by atoms with van der Waals surface area (Å²) < 4.78 is 1.93. The molecule has 1 aliphatic heterocycles. The van der Waals surface area contributed by atoms with Gasteiger partial charge in [-0.2, -0.15) is 0 Å². The van der Waals surface area contributed by atoms with Gasteiger partial charge in [0, 0.05) is 40.7 Å². The van der Waals surface area contributed by atoms with Crippen molar-refractivity contribution in [1.29, 1.82) is 0 Å². The monoisotopic (exact) mass is 471 g/mol. The van der Waals surface area contributed by atoms with E-state index >= 15 is 0 Å². The number of hydrogen-bond donors (Lipinski definition) is 0. The summed E-state index contributed by atoms with van der Waals surface area (Å²) in [5, 5.41) is 1.79. The Labute approximate surface area is 200 Å². The molecule has 3 aromatic rings. The second-order valence-electron chi connectivity index (χ2n) is 9.49.